The van der Waals surface area contributed by atoms with Gasteiger partial charge in [-0.1, -0.05) is 58.6 Å². The zero-order valence-corrected chi connectivity index (χ0v) is 17.9. The lowest BCUT2D eigenvalue weighted by molar-refractivity contribution is -0.129. The molecule has 0 spiro atoms. The molecule has 0 aromatic carbocycles. The van der Waals surface area contributed by atoms with Crippen LogP contribution in [0.3, 0.4) is 0 Å². The summed E-state index contributed by atoms with van der Waals surface area (Å²) in [6, 6.07) is 0. The highest BCUT2D eigenvalue weighted by Gasteiger charge is 2.58. The molecule has 6 atom stereocenters. The molecule has 0 N–H and O–H groups in total. The van der Waals surface area contributed by atoms with Gasteiger partial charge in [-0.15, -0.1) is 0 Å². The van der Waals surface area contributed by atoms with E-state index in [4.69, 9.17) is 0 Å². The fourth-order valence-electron chi connectivity index (χ4n) is 8.21. The highest BCUT2D eigenvalue weighted by Crippen LogP contribution is 2.68. The van der Waals surface area contributed by atoms with Gasteiger partial charge in [-0.25, -0.2) is 0 Å². The first-order valence-electron chi connectivity index (χ1n) is 11.5. The first-order chi connectivity index (χ1) is 12.2. The molecular weight excluding hydrogens is 316 g/mol. The van der Waals surface area contributed by atoms with Gasteiger partial charge < -0.3 is 0 Å². The van der Waals surface area contributed by atoms with Gasteiger partial charge in [-0.05, 0) is 78.9 Å². The molecule has 4 aliphatic carbocycles. The highest BCUT2D eigenvalue weighted by molar-refractivity contribution is 5.80. The van der Waals surface area contributed by atoms with Gasteiger partial charge in [0.15, 0.2) is 0 Å². The maximum atomic E-state index is 12.2. The lowest BCUT2D eigenvalue weighted by atomic mass is 9.45. The van der Waals surface area contributed by atoms with Crippen molar-refractivity contribution >= 4 is 5.78 Å². The van der Waals surface area contributed by atoms with Crippen LogP contribution in [0.2, 0.25) is 0 Å². The maximum Gasteiger partial charge on any atom is 0.133 e. The Morgan fingerprint density at radius 1 is 1.04 bits per heavy atom. The number of rotatable bonds is 3. The van der Waals surface area contributed by atoms with Crippen molar-refractivity contribution in [1.82, 2.24) is 0 Å². The number of hydrogen-bond donors (Lipinski definition) is 0. The Bertz CT molecular complexity index is 630. The number of allylic oxidation sites excluding steroid dienone is 2. The third-order valence-electron chi connectivity index (χ3n) is 10.00. The summed E-state index contributed by atoms with van der Waals surface area (Å²) in [4.78, 5) is 12.2. The molecule has 1 nitrogen and oxygen atoms in total. The summed E-state index contributed by atoms with van der Waals surface area (Å²) in [5, 5.41) is 0. The third-order valence-corrected chi connectivity index (χ3v) is 10.00. The second kappa shape index (κ2) is 6.21. The number of fused-ring (bicyclic) bond motifs is 4. The predicted molar refractivity (Wildman–Crippen MR) is 109 cm³/mol. The van der Waals surface area contributed by atoms with Crippen LogP contribution >= 0.6 is 0 Å². The zero-order valence-electron chi connectivity index (χ0n) is 17.9. The molecule has 0 aromatic heterocycles. The largest absolute Gasteiger partial charge is 0.300 e. The molecule has 1 heteroatoms. The van der Waals surface area contributed by atoms with Crippen molar-refractivity contribution in [3.8, 4) is 0 Å². The fraction of sp³-hybridized carbons (Fsp3) is 0.880. The van der Waals surface area contributed by atoms with Gasteiger partial charge in [0.05, 0.1) is 0 Å². The summed E-state index contributed by atoms with van der Waals surface area (Å²) in [7, 11) is 0. The molecule has 0 saturated heterocycles. The minimum atomic E-state index is 0.225. The van der Waals surface area contributed by atoms with Crippen molar-refractivity contribution in [2.24, 2.45) is 34.0 Å². The monoisotopic (exact) mass is 356 g/mol. The normalized spacial score (nSPS) is 46.6. The molecule has 2 saturated carbocycles. The highest BCUT2D eigenvalue weighted by atomic mass is 16.1. The smallest absolute Gasteiger partial charge is 0.133 e. The van der Waals surface area contributed by atoms with E-state index in [2.05, 4.69) is 34.6 Å². The fourth-order valence-corrected chi connectivity index (χ4v) is 8.21. The average Bonchev–Trinajstić information content (AvgIpc) is 2.93. The van der Waals surface area contributed by atoms with Crippen molar-refractivity contribution in [1.29, 1.82) is 0 Å². The van der Waals surface area contributed by atoms with E-state index in [1.807, 2.05) is 11.1 Å². The molecule has 2 fully saturated rings. The van der Waals surface area contributed by atoms with Crippen LogP contribution < -0.4 is 0 Å². The molecule has 146 valence electrons. The van der Waals surface area contributed by atoms with E-state index in [0.29, 0.717) is 16.6 Å². The molecule has 26 heavy (non-hydrogen) atoms. The Morgan fingerprint density at radius 3 is 2.54 bits per heavy atom. The summed E-state index contributed by atoms with van der Waals surface area (Å²) >= 11 is 0. The molecule has 4 rings (SSSR count). The van der Waals surface area contributed by atoms with Crippen LogP contribution in [-0.4, -0.2) is 5.78 Å². The standard InChI is InChI=1S/C25H40O/c1-6-7-17(2)20-8-9-21-19-11-13-23(3)16-18(26)10-15-25(23,5)22(19)12-14-24(20,21)4/h17,20-21H,6-16H2,1-5H3/t17-,20-,21+,23-,24-,25-/m1/s1. The molecule has 0 unspecified atom stereocenters. The second-order valence-corrected chi connectivity index (χ2v) is 11.1. The van der Waals surface area contributed by atoms with Crippen LogP contribution in [0, 0.1) is 34.0 Å². The molecule has 0 heterocycles. The molecule has 0 amide bonds. The van der Waals surface area contributed by atoms with Gasteiger partial charge >= 0.3 is 0 Å². The summed E-state index contributed by atoms with van der Waals surface area (Å²) in [5.74, 6) is 3.17. The van der Waals surface area contributed by atoms with Crippen molar-refractivity contribution < 1.29 is 4.79 Å². The van der Waals surface area contributed by atoms with Crippen LogP contribution in [0.1, 0.15) is 105 Å². The predicted octanol–water partition coefficient (Wildman–Crippen LogP) is 7.10. The van der Waals surface area contributed by atoms with E-state index in [1.54, 1.807) is 0 Å². The van der Waals surface area contributed by atoms with Crippen molar-refractivity contribution in [2.75, 3.05) is 0 Å². The number of Topliss-reactive ketones (excluding diaryl/α,β-unsaturated/α-hetero) is 1. The summed E-state index contributed by atoms with van der Waals surface area (Å²) < 4.78 is 0. The first kappa shape index (κ1) is 18.8. The average molecular weight is 357 g/mol. The number of carbonyl (C=O) groups is 1. The summed E-state index contributed by atoms with van der Waals surface area (Å²) in [6.07, 6.45) is 13.6. The Hall–Kier alpha value is -0.590. The van der Waals surface area contributed by atoms with Crippen LogP contribution in [0.4, 0.5) is 0 Å². The Kier molecular flexibility index (Phi) is 4.48. The Balaban J connectivity index is 1.69. The zero-order chi connectivity index (χ0) is 18.7. The lowest BCUT2D eigenvalue weighted by Gasteiger charge is -2.59. The van der Waals surface area contributed by atoms with Crippen LogP contribution in [0.15, 0.2) is 11.1 Å². The first-order valence-corrected chi connectivity index (χ1v) is 11.5. The molecule has 0 aromatic rings. The van der Waals surface area contributed by atoms with Gasteiger partial charge in [0.2, 0.25) is 0 Å². The minimum Gasteiger partial charge on any atom is -0.300 e. The molecule has 0 aliphatic heterocycles. The van der Waals surface area contributed by atoms with E-state index in [-0.39, 0.29) is 5.41 Å². The van der Waals surface area contributed by atoms with E-state index >= 15 is 0 Å². The topological polar surface area (TPSA) is 17.1 Å². The SMILES string of the molecule is CCC[C@@H](C)[C@H]1CC[C@H]2C3=C(CC[C@]12C)[C@@]1(C)CCC(=O)C[C@@]1(C)CC3. The molecule has 0 bridgehead atoms. The van der Waals surface area contributed by atoms with Crippen LogP contribution in [0.5, 0.6) is 0 Å². The number of hydrogen-bond acceptors (Lipinski definition) is 1. The van der Waals surface area contributed by atoms with Crippen molar-refractivity contribution in [3.63, 3.8) is 0 Å². The van der Waals surface area contributed by atoms with Crippen LogP contribution in [-0.2, 0) is 4.79 Å². The summed E-state index contributed by atoms with van der Waals surface area (Å²) in [5.41, 5.74) is 4.76. The third kappa shape index (κ3) is 2.44. The van der Waals surface area contributed by atoms with Gasteiger partial charge in [0, 0.05) is 12.8 Å². The number of carbonyl (C=O) groups excluding carboxylic acids is 1. The van der Waals surface area contributed by atoms with Gasteiger partial charge in [0.1, 0.15) is 5.78 Å². The Morgan fingerprint density at radius 2 is 1.81 bits per heavy atom. The second-order valence-electron chi connectivity index (χ2n) is 11.1. The van der Waals surface area contributed by atoms with E-state index in [1.165, 1.54) is 51.4 Å². The Labute approximate surface area is 161 Å². The van der Waals surface area contributed by atoms with Crippen molar-refractivity contribution in [3.05, 3.63) is 11.1 Å². The van der Waals surface area contributed by atoms with Crippen LogP contribution in [0.25, 0.3) is 0 Å². The van der Waals surface area contributed by atoms with Crippen molar-refractivity contribution in [2.45, 2.75) is 105 Å². The maximum absolute atomic E-state index is 12.2. The van der Waals surface area contributed by atoms with Gasteiger partial charge in [0.25, 0.3) is 0 Å². The van der Waals surface area contributed by atoms with E-state index in [9.17, 15) is 4.79 Å². The molecule has 0 radical (unpaired) electrons. The van der Waals surface area contributed by atoms with E-state index < -0.39 is 0 Å². The summed E-state index contributed by atoms with van der Waals surface area (Å²) in [6.45, 7) is 12.5. The quantitative estimate of drug-likeness (QED) is 0.493. The minimum absolute atomic E-state index is 0.225. The van der Waals surface area contributed by atoms with Gasteiger partial charge in [-0.3, -0.25) is 4.79 Å². The molecule has 4 aliphatic rings. The van der Waals surface area contributed by atoms with E-state index in [0.717, 1.165) is 37.0 Å². The van der Waals surface area contributed by atoms with Gasteiger partial charge in [-0.2, -0.15) is 0 Å². The number of ketones is 1. The molecular formula is C25H40O. The lowest BCUT2D eigenvalue weighted by Crippen LogP contribution is -2.50.